The molecule has 3 nitrogen and oxygen atoms in total. The van der Waals surface area contributed by atoms with Crippen LogP contribution in [0.4, 0.5) is 0 Å². The first-order valence-electron chi connectivity index (χ1n) is 5.83. The number of nitrogens with one attached hydrogen (secondary N) is 2. The zero-order valence-corrected chi connectivity index (χ0v) is 9.14. The molecule has 1 aliphatic carbocycles. The second-order valence-electron chi connectivity index (χ2n) is 4.04. The van der Waals surface area contributed by atoms with Crippen molar-refractivity contribution in [2.45, 2.75) is 51.5 Å². The van der Waals surface area contributed by atoms with E-state index in [-0.39, 0.29) is 5.91 Å². The molecule has 0 unspecified atom stereocenters. The Bertz CT molecular complexity index is 167. The fraction of sp³-hybridized carbons (Fsp3) is 0.909. The molecule has 0 aliphatic heterocycles. The Labute approximate surface area is 86.6 Å². The van der Waals surface area contributed by atoms with Gasteiger partial charge in [-0.1, -0.05) is 19.8 Å². The summed E-state index contributed by atoms with van der Waals surface area (Å²) in [6.45, 7) is 3.85. The minimum atomic E-state index is 0.189. The monoisotopic (exact) mass is 198 g/mol. The minimum Gasteiger partial charge on any atom is -0.356 e. The van der Waals surface area contributed by atoms with E-state index < -0.39 is 0 Å². The highest BCUT2D eigenvalue weighted by Crippen LogP contribution is 2.18. The van der Waals surface area contributed by atoms with Crippen molar-refractivity contribution in [3.63, 3.8) is 0 Å². The van der Waals surface area contributed by atoms with Gasteiger partial charge < -0.3 is 10.6 Å². The number of carbonyl (C=O) groups excluding carboxylic acids is 1. The third-order valence-electron chi connectivity index (χ3n) is 2.46. The van der Waals surface area contributed by atoms with Crippen LogP contribution in [0.5, 0.6) is 0 Å². The maximum absolute atomic E-state index is 11.3. The predicted octanol–water partition coefficient (Wildman–Crippen LogP) is 1.43. The molecule has 3 heteroatoms. The molecule has 1 rings (SSSR count). The van der Waals surface area contributed by atoms with Crippen molar-refractivity contribution in [1.29, 1.82) is 0 Å². The third-order valence-corrected chi connectivity index (χ3v) is 2.46. The molecule has 0 aromatic heterocycles. The van der Waals surface area contributed by atoms with Crippen LogP contribution in [0.15, 0.2) is 0 Å². The van der Waals surface area contributed by atoms with Gasteiger partial charge in [0.05, 0.1) is 0 Å². The first-order valence-corrected chi connectivity index (χ1v) is 5.83. The largest absolute Gasteiger partial charge is 0.356 e. The Morgan fingerprint density at radius 1 is 1.29 bits per heavy atom. The fourth-order valence-electron chi connectivity index (χ4n) is 1.37. The van der Waals surface area contributed by atoms with E-state index >= 15 is 0 Å². The Balaban J connectivity index is 1.82. The van der Waals surface area contributed by atoms with Crippen LogP contribution in [0, 0.1) is 0 Å². The molecule has 0 bridgehead atoms. The normalized spacial score (nSPS) is 15.5. The first kappa shape index (κ1) is 11.5. The van der Waals surface area contributed by atoms with Crippen LogP contribution >= 0.6 is 0 Å². The van der Waals surface area contributed by atoms with Gasteiger partial charge in [-0.25, -0.2) is 0 Å². The number of hydrogen-bond acceptors (Lipinski definition) is 2. The third kappa shape index (κ3) is 5.97. The van der Waals surface area contributed by atoms with Gasteiger partial charge >= 0.3 is 0 Å². The van der Waals surface area contributed by atoms with E-state index in [9.17, 15) is 4.79 Å². The first-order chi connectivity index (χ1) is 6.83. The van der Waals surface area contributed by atoms with Crippen molar-refractivity contribution in [3.8, 4) is 0 Å². The summed E-state index contributed by atoms with van der Waals surface area (Å²) in [5.41, 5.74) is 0. The molecular formula is C11H22N2O. The van der Waals surface area contributed by atoms with Crippen LogP contribution in [-0.2, 0) is 4.79 Å². The Hall–Kier alpha value is -0.570. The number of amides is 1. The highest BCUT2D eigenvalue weighted by molar-refractivity contribution is 5.75. The van der Waals surface area contributed by atoms with Crippen molar-refractivity contribution in [3.05, 3.63) is 0 Å². The van der Waals surface area contributed by atoms with Gasteiger partial charge in [0.15, 0.2) is 0 Å². The molecule has 0 heterocycles. The molecule has 0 atom stereocenters. The SMILES string of the molecule is CCCCCNC(=O)CCNC1CC1. The lowest BCUT2D eigenvalue weighted by molar-refractivity contribution is -0.121. The molecule has 0 saturated heterocycles. The molecule has 1 saturated carbocycles. The van der Waals surface area contributed by atoms with Crippen molar-refractivity contribution >= 4 is 5.91 Å². The molecule has 2 N–H and O–H groups in total. The summed E-state index contributed by atoms with van der Waals surface area (Å²) in [6, 6.07) is 0.711. The van der Waals surface area contributed by atoms with Gasteiger partial charge in [-0.05, 0) is 19.3 Å². The molecule has 82 valence electrons. The Kier molecular flexibility index (Phi) is 5.60. The van der Waals surface area contributed by atoms with E-state index in [0.29, 0.717) is 12.5 Å². The van der Waals surface area contributed by atoms with E-state index in [2.05, 4.69) is 17.6 Å². The van der Waals surface area contributed by atoms with Crippen LogP contribution in [0.2, 0.25) is 0 Å². The predicted molar refractivity (Wildman–Crippen MR) is 58.2 cm³/mol. The summed E-state index contributed by atoms with van der Waals surface area (Å²) in [4.78, 5) is 11.3. The molecule has 0 aromatic rings. The van der Waals surface area contributed by atoms with Crippen molar-refractivity contribution in [2.75, 3.05) is 13.1 Å². The van der Waals surface area contributed by atoms with Gasteiger partial charge in [-0.3, -0.25) is 4.79 Å². The van der Waals surface area contributed by atoms with Crippen molar-refractivity contribution in [2.24, 2.45) is 0 Å². The number of carbonyl (C=O) groups is 1. The molecular weight excluding hydrogens is 176 g/mol. The molecule has 14 heavy (non-hydrogen) atoms. The maximum atomic E-state index is 11.3. The van der Waals surface area contributed by atoms with Gasteiger partial charge in [0.25, 0.3) is 0 Å². The standard InChI is InChI=1S/C11H22N2O/c1-2-3-4-8-13-11(14)7-9-12-10-5-6-10/h10,12H,2-9H2,1H3,(H,13,14). The highest BCUT2D eigenvalue weighted by Gasteiger charge is 2.19. The van der Waals surface area contributed by atoms with Crippen LogP contribution in [0.25, 0.3) is 0 Å². The minimum absolute atomic E-state index is 0.189. The Morgan fingerprint density at radius 3 is 2.71 bits per heavy atom. The van der Waals surface area contributed by atoms with E-state index in [0.717, 1.165) is 19.5 Å². The quantitative estimate of drug-likeness (QED) is 0.579. The van der Waals surface area contributed by atoms with Gasteiger partial charge in [0.2, 0.25) is 5.91 Å². The second kappa shape index (κ2) is 6.82. The summed E-state index contributed by atoms with van der Waals surface area (Å²) in [5.74, 6) is 0.189. The van der Waals surface area contributed by atoms with Crippen LogP contribution < -0.4 is 10.6 Å². The van der Waals surface area contributed by atoms with Crippen molar-refractivity contribution < 1.29 is 4.79 Å². The molecule has 1 fully saturated rings. The molecule has 0 radical (unpaired) electrons. The molecule has 1 amide bonds. The lowest BCUT2D eigenvalue weighted by Gasteiger charge is -2.05. The number of unbranched alkanes of at least 4 members (excludes halogenated alkanes) is 2. The fourth-order valence-corrected chi connectivity index (χ4v) is 1.37. The van der Waals surface area contributed by atoms with Crippen molar-refractivity contribution in [1.82, 2.24) is 10.6 Å². The van der Waals surface area contributed by atoms with Gasteiger partial charge in [-0.15, -0.1) is 0 Å². The van der Waals surface area contributed by atoms with E-state index in [1.807, 2.05) is 0 Å². The number of hydrogen-bond donors (Lipinski definition) is 2. The maximum Gasteiger partial charge on any atom is 0.221 e. The van der Waals surface area contributed by atoms with Crippen LogP contribution in [0.3, 0.4) is 0 Å². The van der Waals surface area contributed by atoms with Crippen LogP contribution in [-0.4, -0.2) is 25.0 Å². The van der Waals surface area contributed by atoms with Gasteiger partial charge in [0, 0.05) is 25.6 Å². The average molecular weight is 198 g/mol. The smallest absolute Gasteiger partial charge is 0.221 e. The molecule has 1 aliphatic rings. The zero-order valence-electron chi connectivity index (χ0n) is 9.14. The van der Waals surface area contributed by atoms with E-state index in [1.54, 1.807) is 0 Å². The summed E-state index contributed by atoms with van der Waals surface area (Å²) in [7, 11) is 0. The Morgan fingerprint density at radius 2 is 2.07 bits per heavy atom. The van der Waals surface area contributed by atoms with E-state index in [1.165, 1.54) is 25.7 Å². The summed E-state index contributed by atoms with van der Waals surface area (Å²) in [6.07, 6.45) is 6.73. The lowest BCUT2D eigenvalue weighted by Crippen LogP contribution is -2.29. The molecule has 0 aromatic carbocycles. The summed E-state index contributed by atoms with van der Waals surface area (Å²) < 4.78 is 0. The zero-order chi connectivity index (χ0) is 10.2. The summed E-state index contributed by atoms with van der Waals surface area (Å²) >= 11 is 0. The second-order valence-corrected chi connectivity index (χ2v) is 4.04. The van der Waals surface area contributed by atoms with Gasteiger partial charge in [-0.2, -0.15) is 0 Å². The van der Waals surface area contributed by atoms with E-state index in [4.69, 9.17) is 0 Å². The average Bonchev–Trinajstić information content (AvgIpc) is 2.96. The number of rotatable bonds is 8. The topological polar surface area (TPSA) is 41.1 Å². The summed E-state index contributed by atoms with van der Waals surface area (Å²) in [5, 5.41) is 6.26. The van der Waals surface area contributed by atoms with Crippen LogP contribution in [0.1, 0.15) is 45.4 Å². The lowest BCUT2D eigenvalue weighted by atomic mass is 10.2. The van der Waals surface area contributed by atoms with Gasteiger partial charge in [0.1, 0.15) is 0 Å². The molecule has 0 spiro atoms. The highest BCUT2D eigenvalue weighted by atomic mass is 16.1.